The van der Waals surface area contributed by atoms with Crippen LogP contribution in [0.4, 0.5) is 0 Å². The molecule has 4 aromatic rings. The van der Waals surface area contributed by atoms with E-state index in [1.807, 2.05) is 91.1 Å². The summed E-state index contributed by atoms with van der Waals surface area (Å²) in [7, 11) is 1.60. The molecule has 0 bridgehead atoms. The summed E-state index contributed by atoms with van der Waals surface area (Å²) in [6.45, 7) is 0. The molecule has 5 rings (SSSR count). The van der Waals surface area contributed by atoms with Gasteiger partial charge in [-0.1, -0.05) is 48.5 Å². The van der Waals surface area contributed by atoms with Crippen LogP contribution in [0.5, 0.6) is 5.75 Å². The lowest BCUT2D eigenvalue weighted by atomic mass is 9.96. The molecule has 0 saturated heterocycles. The van der Waals surface area contributed by atoms with Crippen molar-refractivity contribution in [2.75, 3.05) is 7.11 Å². The highest BCUT2D eigenvalue weighted by Crippen LogP contribution is 2.38. The first-order valence-electron chi connectivity index (χ1n) is 12.0. The van der Waals surface area contributed by atoms with Gasteiger partial charge < -0.3 is 14.6 Å². The van der Waals surface area contributed by atoms with Gasteiger partial charge in [-0.3, -0.25) is 4.79 Å². The quantitative estimate of drug-likeness (QED) is 0.372. The number of hydrogen-bond acceptors (Lipinski definition) is 6. The molecule has 0 aliphatic carbocycles. The summed E-state index contributed by atoms with van der Waals surface area (Å²) < 4.78 is 7.07. The van der Waals surface area contributed by atoms with Gasteiger partial charge in [0.1, 0.15) is 5.75 Å². The van der Waals surface area contributed by atoms with E-state index in [4.69, 9.17) is 9.84 Å². The van der Waals surface area contributed by atoms with Crippen LogP contribution in [0.1, 0.15) is 36.4 Å². The summed E-state index contributed by atoms with van der Waals surface area (Å²) in [5.74, 6) is -0.939. The standard InChI is InChI=1S/C29H26N4O4/c1-37-23-14-12-20(13-15-23)25-18-26(33(30-25)27(34)16-17-28(35)36)24-19-32(22-10-6-3-7-11-22)31-29(24)21-8-4-2-5-9-21/h2-15,19,26H,16-18H2,1H3,(H,35,36)/p-1. The Morgan fingerprint density at radius 2 is 1.59 bits per heavy atom. The number of hydrogen-bond donors (Lipinski definition) is 0. The number of para-hydroxylation sites is 1. The first kappa shape index (κ1) is 24.0. The van der Waals surface area contributed by atoms with E-state index in [1.165, 1.54) is 5.01 Å². The number of amides is 1. The van der Waals surface area contributed by atoms with Crippen molar-refractivity contribution in [3.63, 3.8) is 0 Å². The molecule has 0 fully saturated rings. The Labute approximate surface area is 214 Å². The number of aliphatic carboxylic acids is 1. The van der Waals surface area contributed by atoms with Gasteiger partial charge in [-0.05, 0) is 48.4 Å². The fourth-order valence-corrected chi connectivity index (χ4v) is 4.43. The maximum atomic E-state index is 13.2. The molecule has 186 valence electrons. The zero-order chi connectivity index (χ0) is 25.8. The van der Waals surface area contributed by atoms with Gasteiger partial charge in [0.25, 0.3) is 0 Å². The minimum Gasteiger partial charge on any atom is -0.550 e. The van der Waals surface area contributed by atoms with Crippen molar-refractivity contribution in [3.05, 3.63) is 102 Å². The van der Waals surface area contributed by atoms with Crippen molar-refractivity contribution in [1.29, 1.82) is 0 Å². The molecular formula is C29H25N4O4-. The van der Waals surface area contributed by atoms with E-state index in [0.717, 1.165) is 39.5 Å². The van der Waals surface area contributed by atoms with E-state index in [2.05, 4.69) is 5.10 Å². The number of carboxylic acid groups (broad SMARTS) is 1. The Morgan fingerprint density at radius 3 is 2.24 bits per heavy atom. The number of carbonyl (C=O) groups is 2. The molecule has 1 aliphatic heterocycles. The molecule has 8 heteroatoms. The van der Waals surface area contributed by atoms with Crippen LogP contribution in [0.2, 0.25) is 0 Å². The second kappa shape index (κ2) is 10.5. The van der Waals surface area contributed by atoms with Gasteiger partial charge in [-0.2, -0.15) is 10.2 Å². The number of hydrazone groups is 1. The largest absolute Gasteiger partial charge is 0.550 e. The first-order chi connectivity index (χ1) is 18.0. The number of benzene rings is 3. The summed E-state index contributed by atoms with van der Waals surface area (Å²) in [5, 5.41) is 22.0. The molecule has 1 aromatic heterocycles. The van der Waals surface area contributed by atoms with Crippen molar-refractivity contribution >= 4 is 17.6 Å². The highest BCUT2D eigenvalue weighted by Gasteiger charge is 2.36. The van der Waals surface area contributed by atoms with Crippen LogP contribution in [-0.4, -0.2) is 39.5 Å². The maximum Gasteiger partial charge on any atom is 0.243 e. The predicted octanol–water partition coefficient (Wildman–Crippen LogP) is 3.76. The van der Waals surface area contributed by atoms with E-state index in [1.54, 1.807) is 11.8 Å². The smallest absolute Gasteiger partial charge is 0.243 e. The zero-order valence-corrected chi connectivity index (χ0v) is 20.3. The van der Waals surface area contributed by atoms with Gasteiger partial charge in [-0.25, -0.2) is 9.69 Å². The summed E-state index contributed by atoms with van der Waals surface area (Å²) in [5.41, 5.74) is 4.93. The van der Waals surface area contributed by atoms with E-state index in [0.29, 0.717) is 6.42 Å². The normalized spacial score (nSPS) is 14.9. The third kappa shape index (κ3) is 5.13. The monoisotopic (exact) mass is 493 g/mol. The average Bonchev–Trinajstić information content (AvgIpc) is 3.58. The highest BCUT2D eigenvalue weighted by atomic mass is 16.5. The molecule has 2 heterocycles. The maximum absolute atomic E-state index is 13.2. The van der Waals surface area contributed by atoms with Crippen molar-refractivity contribution in [1.82, 2.24) is 14.8 Å². The number of methoxy groups -OCH3 is 1. The third-order valence-electron chi connectivity index (χ3n) is 6.30. The van der Waals surface area contributed by atoms with Gasteiger partial charge in [-0.15, -0.1) is 0 Å². The Morgan fingerprint density at radius 1 is 0.919 bits per heavy atom. The molecule has 1 atom stereocenters. The van der Waals surface area contributed by atoms with E-state index < -0.39 is 12.0 Å². The third-order valence-corrected chi connectivity index (χ3v) is 6.30. The zero-order valence-electron chi connectivity index (χ0n) is 20.3. The van der Waals surface area contributed by atoms with Gasteiger partial charge in [0.2, 0.25) is 5.91 Å². The predicted molar refractivity (Wildman–Crippen MR) is 137 cm³/mol. The van der Waals surface area contributed by atoms with Crippen LogP contribution in [0, 0.1) is 0 Å². The SMILES string of the molecule is COc1ccc(C2=NN(C(=O)CCC(=O)[O-])C(c3cn(-c4ccccc4)nc3-c3ccccc3)C2)cc1. The summed E-state index contributed by atoms with van der Waals surface area (Å²) >= 11 is 0. The van der Waals surface area contributed by atoms with Crippen molar-refractivity contribution in [2.24, 2.45) is 5.10 Å². The van der Waals surface area contributed by atoms with Gasteiger partial charge in [0, 0.05) is 36.1 Å². The number of rotatable bonds is 8. The average molecular weight is 494 g/mol. The molecular weight excluding hydrogens is 468 g/mol. The number of carbonyl (C=O) groups excluding carboxylic acids is 2. The Kier molecular flexibility index (Phi) is 6.81. The highest BCUT2D eigenvalue weighted by molar-refractivity contribution is 6.03. The minimum absolute atomic E-state index is 0.203. The van der Waals surface area contributed by atoms with Crippen LogP contribution < -0.4 is 9.84 Å². The van der Waals surface area contributed by atoms with Gasteiger partial charge in [0.05, 0.1) is 30.2 Å². The summed E-state index contributed by atoms with van der Waals surface area (Å²) in [6, 6.07) is 26.5. The van der Waals surface area contributed by atoms with Crippen LogP contribution in [0.3, 0.4) is 0 Å². The van der Waals surface area contributed by atoms with E-state index in [-0.39, 0.29) is 18.7 Å². The summed E-state index contributed by atoms with van der Waals surface area (Å²) in [6.07, 6.45) is 1.80. The van der Waals surface area contributed by atoms with E-state index in [9.17, 15) is 14.7 Å². The summed E-state index contributed by atoms with van der Waals surface area (Å²) in [4.78, 5) is 24.3. The second-order valence-corrected chi connectivity index (χ2v) is 8.68. The van der Waals surface area contributed by atoms with Crippen molar-refractivity contribution in [3.8, 4) is 22.7 Å². The lowest BCUT2D eigenvalue weighted by Gasteiger charge is -2.22. The second-order valence-electron chi connectivity index (χ2n) is 8.68. The van der Waals surface area contributed by atoms with Crippen LogP contribution in [0.15, 0.2) is 96.2 Å². The molecule has 37 heavy (non-hydrogen) atoms. The number of nitrogens with zero attached hydrogens (tertiary/aromatic N) is 4. The molecule has 1 amide bonds. The fraction of sp³-hybridized carbons (Fsp3) is 0.172. The Hall–Kier alpha value is -4.72. The molecule has 3 aromatic carbocycles. The Balaban J connectivity index is 1.58. The number of carboxylic acids is 1. The minimum atomic E-state index is -1.27. The number of aromatic nitrogens is 2. The topological polar surface area (TPSA) is 99.9 Å². The van der Waals surface area contributed by atoms with Crippen LogP contribution in [0.25, 0.3) is 16.9 Å². The molecule has 0 saturated carbocycles. The molecule has 1 unspecified atom stereocenters. The number of ether oxygens (including phenoxy) is 1. The molecule has 0 spiro atoms. The molecule has 1 aliphatic rings. The van der Waals surface area contributed by atoms with Gasteiger partial charge in [0.15, 0.2) is 0 Å². The van der Waals surface area contributed by atoms with E-state index >= 15 is 0 Å². The lowest BCUT2D eigenvalue weighted by Crippen LogP contribution is -2.30. The fourth-order valence-electron chi connectivity index (χ4n) is 4.43. The molecule has 8 nitrogen and oxygen atoms in total. The molecule has 0 N–H and O–H groups in total. The Bertz CT molecular complexity index is 1430. The van der Waals surface area contributed by atoms with Crippen LogP contribution >= 0.6 is 0 Å². The van der Waals surface area contributed by atoms with Crippen molar-refractivity contribution in [2.45, 2.75) is 25.3 Å². The lowest BCUT2D eigenvalue weighted by molar-refractivity contribution is -0.305. The molecule has 0 radical (unpaired) electrons. The first-order valence-corrected chi connectivity index (χ1v) is 12.0. The van der Waals surface area contributed by atoms with Gasteiger partial charge >= 0.3 is 0 Å². The van der Waals surface area contributed by atoms with Crippen LogP contribution in [-0.2, 0) is 9.59 Å². The van der Waals surface area contributed by atoms with Crippen molar-refractivity contribution < 1.29 is 19.4 Å².